The Morgan fingerprint density at radius 3 is 2.85 bits per heavy atom. The summed E-state index contributed by atoms with van der Waals surface area (Å²) in [5, 5.41) is 0. The summed E-state index contributed by atoms with van der Waals surface area (Å²) in [5.41, 5.74) is 0.732. The lowest BCUT2D eigenvalue weighted by Crippen LogP contribution is -2.38. The molecule has 1 saturated carbocycles. The van der Waals surface area contributed by atoms with Crippen LogP contribution in [0.1, 0.15) is 47.4 Å². The van der Waals surface area contributed by atoms with E-state index < -0.39 is 12.4 Å². The molecule has 4 nitrogen and oxygen atoms in total. The Kier molecular flexibility index (Phi) is 3.59. The van der Waals surface area contributed by atoms with Crippen LogP contribution in [0.15, 0.2) is 15.3 Å². The van der Waals surface area contributed by atoms with Gasteiger partial charge in [0.1, 0.15) is 5.76 Å². The second-order valence-electron chi connectivity index (χ2n) is 5.66. The average Bonchev–Trinajstić information content (AvgIpc) is 3.22. The molecule has 0 N–H and O–H groups in total. The first kappa shape index (κ1) is 13.3. The lowest BCUT2D eigenvalue weighted by molar-refractivity contribution is 0.0647. The van der Waals surface area contributed by atoms with Gasteiger partial charge in [0.25, 0.3) is 5.91 Å². The van der Waals surface area contributed by atoms with Gasteiger partial charge in [0.05, 0.1) is 5.56 Å². The fraction of sp³-hybridized carbons (Fsp3) is 0.600. The molecule has 0 aromatic carbocycles. The predicted octanol–water partition coefficient (Wildman–Crippen LogP) is 2.30. The first-order valence-electron chi connectivity index (χ1n) is 7.20. The number of fused-ring (bicyclic) bond motifs is 1. The largest absolute Gasteiger partial charge is 0.427 e. The number of alkyl halides is 1. The minimum absolute atomic E-state index is 0.275. The zero-order valence-electron chi connectivity index (χ0n) is 11.4. The molecule has 1 aromatic heterocycles. The zero-order valence-corrected chi connectivity index (χ0v) is 11.4. The van der Waals surface area contributed by atoms with Gasteiger partial charge in [-0.1, -0.05) is 19.3 Å². The quantitative estimate of drug-likeness (QED) is 0.777. The highest BCUT2D eigenvalue weighted by molar-refractivity contribution is 5.97. The monoisotopic (exact) mass is 279 g/mol. The molecule has 0 spiro atoms. The fourth-order valence-corrected chi connectivity index (χ4v) is 2.82. The standard InChI is InChI=1S/C15H18FNO3/c16-9-17-7-6-12-14(15(17)19)11(8-13(18)20-12)3-1-2-10-4-5-10/h8,10H,1-7,9H2. The minimum Gasteiger partial charge on any atom is -0.427 e. The normalized spacial score (nSPS) is 18.2. The molecule has 0 unspecified atom stereocenters. The Hall–Kier alpha value is -1.65. The summed E-state index contributed by atoms with van der Waals surface area (Å²) >= 11 is 0. The van der Waals surface area contributed by atoms with Crippen molar-refractivity contribution < 1.29 is 13.6 Å². The summed E-state index contributed by atoms with van der Waals surface area (Å²) in [4.78, 5) is 24.9. The molecule has 1 aliphatic carbocycles. The topological polar surface area (TPSA) is 50.5 Å². The van der Waals surface area contributed by atoms with Gasteiger partial charge < -0.3 is 9.32 Å². The molecular formula is C15H18FNO3. The van der Waals surface area contributed by atoms with E-state index in [1.807, 2.05) is 0 Å². The maximum absolute atomic E-state index is 12.8. The van der Waals surface area contributed by atoms with Crippen molar-refractivity contribution in [2.24, 2.45) is 5.92 Å². The van der Waals surface area contributed by atoms with Gasteiger partial charge in [-0.15, -0.1) is 0 Å². The molecule has 1 amide bonds. The fourth-order valence-electron chi connectivity index (χ4n) is 2.82. The molecule has 0 atom stereocenters. The van der Waals surface area contributed by atoms with Gasteiger partial charge in [-0.25, -0.2) is 9.18 Å². The molecule has 0 saturated heterocycles. The van der Waals surface area contributed by atoms with Crippen LogP contribution in [0.3, 0.4) is 0 Å². The number of hydrogen-bond acceptors (Lipinski definition) is 3. The molecule has 1 fully saturated rings. The third kappa shape index (κ3) is 2.62. The van der Waals surface area contributed by atoms with E-state index in [0.29, 0.717) is 24.2 Å². The number of carbonyl (C=O) groups is 1. The number of nitrogens with zero attached hydrogens (tertiary/aromatic N) is 1. The van der Waals surface area contributed by atoms with E-state index in [2.05, 4.69) is 0 Å². The van der Waals surface area contributed by atoms with Crippen molar-refractivity contribution in [3.8, 4) is 0 Å². The molecule has 2 heterocycles. The van der Waals surface area contributed by atoms with E-state index in [0.717, 1.165) is 29.2 Å². The van der Waals surface area contributed by atoms with Gasteiger partial charge in [0.2, 0.25) is 0 Å². The summed E-state index contributed by atoms with van der Waals surface area (Å²) in [6.45, 7) is -0.518. The van der Waals surface area contributed by atoms with Crippen molar-refractivity contribution in [3.05, 3.63) is 33.4 Å². The molecule has 0 bridgehead atoms. The van der Waals surface area contributed by atoms with E-state index in [9.17, 15) is 14.0 Å². The van der Waals surface area contributed by atoms with Gasteiger partial charge in [-0.05, 0) is 24.3 Å². The third-order valence-electron chi connectivity index (χ3n) is 4.13. The van der Waals surface area contributed by atoms with Crippen LogP contribution in [-0.2, 0) is 12.8 Å². The van der Waals surface area contributed by atoms with Crippen molar-refractivity contribution in [1.29, 1.82) is 0 Å². The maximum atomic E-state index is 12.8. The van der Waals surface area contributed by atoms with Crippen LogP contribution in [0.25, 0.3) is 0 Å². The second-order valence-corrected chi connectivity index (χ2v) is 5.66. The van der Waals surface area contributed by atoms with E-state index in [-0.39, 0.29) is 12.5 Å². The van der Waals surface area contributed by atoms with Crippen molar-refractivity contribution >= 4 is 5.91 Å². The number of amides is 1. The Bertz CT molecular complexity index is 577. The number of halogens is 1. The summed E-state index contributed by atoms with van der Waals surface area (Å²) in [7, 11) is 0. The highest BCUT2D eigenvalue weighted by atomic mass is 19.1. The van der Waals surface area contributed by atoms with Crippen molar-refractivity contribution in [1.82, 2.24) is 4.90 Å². The van der Waals surface area contributed by atoms with Crippen molar-refractivity contribution in [2.45, 2.75) is 38.5 Å². The molecule has 0 radical (unpaired) electrons. The molecule has 108 valence electrons. The van der Waals surface area contributed by atoms with Crippen LogP contribution >= 0.6 is 0 Å². The van der Waals surface area contributed by atoms with Gasteiger partial charge in [-0.3, -0.25) is 4.79 Å². The Labute approximate surface area is 116 Å². The highest BCUT2D eigenvalue weighted by Gasteiger charge is 2.29. The van der Waals surface area contributed by atoms with Crippen LogP contribution < -0.4 is 5.63 Å². The van der Waals surface area contributed by atoms with Crippen molar-refractivity contribution in [3.63, 3.8) is 0 Å². The second kappa shape index (κ2) is 5.38. The minimum atomic E-state index is -0.793. The van der Waals surface area contributed by atoms with Crippen LogP contribution in [-0.4, -0.2) is 24.2 Å². The SMILES string of the molecule is O=C1c2c(CCCC3CC3)cc(=O)oc2CCN1CF. The number of hydrogen-bond donors (Lipinski definition) is 0. The summed E-state index contributed by atoms with van der Waals surface area (Å²) in [6, 6.07) is 1.39. The molecule has 1 aromatic rings. The van der Waals surface area contributed by atoms with Gasteiger partial charge in [0.15, 0.2) is 6.80 Å². The third-order valence-corrected chi connectivity index (χ3v) is 4.13. The first-order chi connectivity index (χ1) is 9.69. The number of aryl methyl sites for hydroxylation is 1. The molecule has 3 rings (SSSR count). The summed E-state index contributed by atoms with van der Waals surface area (Å²) in [5.74, 6) is 0.900. The van der Waals surface area contributed by atoms with Crippen LogP contribution in [0.2, 0.25) is 0 Å². The van der Waals surface area contributed by atoms with E-state index in [1.54, 1.807) is 0 Å². The number of carbonyl (C=O) groups excluding carboxylic acids is 1. The van der Waals surface area contributed by atoms with E-state index >= 15 is 0 Å². The molecular weight excluding hydrogens is 261 g/mol. The molecule has 20 heavy (non-hydrogen) atoms. The molecule has 2 aliphatic rings. The highest BCUT2D eigenvalue weighted by Crippen LogP contribution is 2.34. The zero-order chi connectivity index (χ0) is 14.1. The summed E-state index contributed by atoms with van der Waals surface area (Å²) in [6.07, 6.45) is 5.79. The summed E-state index contributed by atoms with van der Waals surface area (Å²) < 4.78 is 17.9. The Balaban J connectivity index is 1.85. The van der Waals surface area contributed by atoms with Crippen LogP contribution in [0.4, 0.5) is 4.39 Å². The van der Waals surface area contributed by atoms with Gasteiger partial charge in [-0.2, -0.15) is 0 Å². The average molecular weight is 279 g/mol. The van der Waals surface area contributed by atoms with E-state index in [1.165, 1.54) is 18.9 Å². The molecule has 1 aliphatic heterocycles. The van der Waals surface area contributed by atoms with Crippen molar-refractivity contribution in [2.75, 3.05) is 13.3 Å². The lowest BCUT2D eigenvalue weighted by atomic mass is 9.97. The van der Waals surface area contributed by atoms with Gasteiger partial charge >= 0.3 is 5.63 Å². The maximum Gasteiger partial charge on any atom is 0.336 e. The van der Waals surface area contributed by atoms with Crippen LogP contribution in [0.5, 0.6) is 0 Å². The Morgan fingerprint density at radius 2 is 2.15 bits per heavy atom. The predicted molar refractivity (Wildman–Crippen MR) is 71.4 cm³/mol. The van der Waals surface area contributed by atoms with Crippen LogP contribution in [0, 0.1) is 5.92 Å². The van der Waals surface area contributed by atoms with Gasteiger partial charge in [0, 0.05) is 19.0 Å². The Morgan fingerprint density at radius 1 is 1.35 bits per heavy atom. The molecule has 5 heteroatoms. The van der Waals surface area contributed by atoms with E-state index in [4.69, 9.17) is 4.42 Å². The number of rotatable bonds is 5. The lowest BCUT2D eigenvalue weighted by Gasteiger charge is -2.26. The first-order valence-corrected chi connectivity index (χ1v) is 7.20. The smallest absolute Gasteiger partial charge is 0.336 e.